The first-order valence-electron chi connectivity index (χ1n) is 4.09. The van der Waals surface area contributed by atoms with E-state index in [-0.39, 0.29) is 0 Å². The lowest BCUT2D eigenvalue weighted by Crippen LogP contribution is -2.17. The largest absolute Gasteiger partial charge is 0.480 e. The summed E-state index contributed by atoms with van der Waals surface area (Å²) in [7, 11) is 0. The third-order valence-electron chi connectivity index (χ3n) is 1.96. The minimum atomic E-state index is -0.956. The Bertz CT molecular complexity index is 479. The number of carbonyl (C=O) groups is 1. The summed E-state index contributed by atoms with van der Waals surface area (Å²) in [6.07, 6.45) is 1.58. The van der Waals surface area contributed by atoms with Gasteiger partial charge >= 0.3 is 5.97 Å². The van der Waals surface area contributed by atoms with Crippen LogP contribution in [0.15, 0.2) is 18.3 Å². The molecule has 0 saturated heterocycles. The summed E-state index contributed by atoms with van der Waals surface area (Å²) < 4.78 is 1.29. The molecule has 1 atom stereocenters. The quantitative estimate of drug-likeness (QED) is 0.748. The van der Waals surface area contributed by atoms with E-state index in [0.717, 1.165) is 0 Å². The standard InChI is InChI=1S/C8H8N4O2/c1-5(8(13)14)12-7-6(10-11-12)3-2-4-9-7/h2-5H,1H3,(H,13,14). The molecule has 2 aromatic rings. The van der Waals surface area contributed by atoms with E-state index in [9.17, 15) is 4.79 Å². The maximum absolute atomic E-state index is 10.7. The van der Waals surface area contributed by atoms with Crippen molar-refractivity contribution in [3.8, 4) is 0 Å². The van der Waals surface area contributed by atoms with Crippen molar-refractivity contribution in [2.24, 2.45) is 0 Å². The molecule has 1 unspecified atom stereocenters. The van der Waals surface area contributed by atoms with Crippen LogP contribution in [0.2, 0.25) is 0 Å². The van der Waals surface area contributed by atoms with Gasteiger partial charge in [-0.15, -0.1) is 5.10 Å². The van der Waals surface area contributed by atoms with Crippen LogP contribution in [0.4, 0.5) is 0 Å². The van der Waals surface area contributed by atoms with E-state index in [1.807, 2.05) is 0 Å². The molecule has 6 heteroatoms. The van der Waals surface area contributed by atoms with Crippen LogP contribution < -0.4 is 0 Å². The van der Waals surface area contributed by atoms with Crippen molar-refractivity contribution < 1.29 is 9.90 Å². The van der Waals surface area contributed by atoms with Crippen molar-refractivity contribution in [1.82, 2.24) is 20.0 Å². The van der Waals surface area contributed by atoms with Gasteiger partial charge in [0.2, 0.25) is 0 Å². The second-order valence-electron chi connectivity index (χ2n) is 2.89. The van der Waals surface area contributed by atoms with Gasteiger partial charge in [0.05, 0.1) is 0 Å². The van der Waals surface area contributed by atoms with Crippen LogP contribution in [-0.4, -0.2) is 31.1 Å². The Labute approximate surface area is 79.2 Å². The zero-order chi connectivity index (χ0) is 10.1. The highest BCUT2D eigenvalue weighted by Crippen LogP contribution is 2.12. The number of nitrogens with zero attached hydrogens (tertiary/aromatic N) is 4. The number of carboxylic acids is 1. The number of hydrogen-bond acceptors (Lipinski definition) is 4. The number of aliphatic carboxylic acids is 1. The predicted octanol–water partition coefficient (Wildman–Crippen LogP) is 0.472. The Balaban J connectivity index is 2.58. The lowest BCUT2D eigenvalue weighted by Gasteiger charge is -2.04. The molecule has 2 aromatic heterocycles. The van der Waals surface area contributed by atoms with Gasteiger partial charge in [0.15, 0.2) is 11.7 Å². The smallest absolute Gasteiger partial charge is 0.328 e. The molecule has 2 rings (SSSR count). The predicted molar refractivity (Wildman–Crippen MR) is 47.7 cm³/mol. The number of pyridine rings is 1. The van der Waals surface area contributed by atoms with Gasteiger partial charge in [-0.05, 0) is 19.1 Å². The molecule has 14 heavy (non-hydrogen) atoms. The second-order valence-corrected chi connectivity index (χ2v) is 2.89. The molecular weight excluding hydrogens is 184 g/mol. The fourth-order valence-electron chi connectivity index (χ4n) is 1.15. The molecule has 0 aromatic carbocycles. The van der Waals surface area contributed by atoms with Gasteiger partial charge in [-0.25, -0.2) is 14.5 Å². The normalized spacial score (nSPS) is 12.9. The molecule has 0 aliphatic carbocycles. The highest BCUT2D eigenvalue weighted by Gasteiger charge is 2.17. The van der Waals surface area contributed by atoms with Crippen LogP contribution in [0.3, 0.4) is 0 Å². The van der Waals surface area contributed by atoms with Gasteiger partial charge in [-0.2, -0.15) is 0 Å². The molecule has 72 valence electrons. The first kappa shape index (κ1) is 8.61. The van der Waals surface area contributed by atoms with Gasteiger partial charge in [-0.3, -0.25) is 0 Å². The average molecular weight is 192 g/mol. The summed E-state index contributed by atoms with van der Waals surface area (Å²) in [6.45, 7) is 1.53. The van der Waals surface area contributed by atoms with Gasteiger partial charge in [0.25, 0.3) is 0 Å². The molecule has 0 radical (unpaired) electrons. The van der Waals surface area contributed by atoms with Crippen molar-refractivity contribution >= 4 is 17.1 Å². The molecule has 0 aliphatic rings. The summed E-state index contributed by atoms with van der Waals surface area (Å²) in [5.41, 5.74) is 1.09. The van der Waals surface area contributed by atoms with Crippen LogP contribution in [0.25, 0.3) is 11.2 Å². The summed E-state index contributed by atoms with van der Waals surface area (Å²) in [5.74, 6) is -0.956. The minimum Gasteiger partial charge on any atom is -0.480 e. The van der Waals surface area contributed by atoms with E-state index < -0.39 is 12.0 Å². The molecule has 2 heterocycles. The molecule has 1 N–H and O–H groups in total. The van der Waals surface area contributed by atoms with Gasteiger partial charge < -0.3 is 5.11 Å². The van der Waals surface area contributed by atoms with Crippen molar-refractivity contribution in [2.45, 2.75) is 13.0 Å². The molecule has 6 nitrogen and oxygen atoms in total. The van der Waals surface area contributed by atoms with Gasteiger partial charge in [0, 0.05) is 6.20 Å². The highest BCUT2D eigenvalue weighted by molar-refractivity contribution is 5.75. The maximum Gasteiger partial charge on any atom is 0.328 e. The van der Waals surface area contributed by atoms with Crippen LogP contribution in [0, 0.1) is 0 Å². The van der Waals surface area contributed by atoms with Crippen molar-refractivity contribution in [3.05, 3.63) is 18.3 Å². The van der Waals surface area contributed by atoms with E-state index in [2.05, 4.69) is 15.3 Å². The van der Waals surface area contributed by atoms with E-state index in [1.165, 1.54) is 11.6 Å². The Morgan fingerprint density at radius 2 is 2.43 bits per heavy atom. The molecular formula is C8H8N4O2. The van der Waals surface area contributed by atoms with Crippen molar-refractivity contribution in [3.63, 3.8) is 0 Å². The SMILES string of the molecule is CC(C(=O)O)n1nnc2cccnc21. The number of aromatic nitrogens is 4. The Morgan fingerprint density at radius 1 is 1.64 bits per heavy atom. The molecule has 0 fully saturated rings. The zero-order valence-corrected chi connectivity index (χ0v) is 7.45. The topological polar surface area (TPSA) is 80.9 Å². The molecule has 0 saturated carbocycles. The minimum absolute atomic E-state index is 0.488. The summed E-state index contributed by atoms with van der Waals surface area (Å²) in [6, 6.07) is 2.71. The Hall–Kier alpha value is -1.98. The monoisotopic (exact) mass is 192 g/mol. The van der Waals surface area contributed by atoms with E-state index in [4.69, 9.17) is 5.11 Å². The number of hydrogen-bond donors (Lipinski definition) is 1. The third-order valence-corrected chi connectivity index (χ3v) is 1.96. The molecule has 0 aliphatic heterocycles. The van der Waals surface area contributed by atoms with Gasteiger partial charge in [-0.1, -0.05) is 5.21 Å². The third kappa shape index (κ3) is 1.20. The summed E-state index contributed by atoms with van der Waals surface area (Å²) >= 11 is 0. The maximum atomic E-state index is 10.7. The fourth-order valence-corrected chi connectivity index (χ4v) is 1.15. The van der Waals surface area contributed by atoms with Gasteiger partial charge in [0.1, 0.15) is 5.52 Å². The summed E-state index contributed by atoms with van der Waals surface area (Å²) in [5, 5.41) is 16.3. The molecule has 0 bridgehead atoms. The first-order chi connectivity index (χ1) is 6.70. The van der Waals surface area contributed by atoms with E-state index in [1.54, 1.807) is 18.3 Å². The number of carboxylic acid groups (broad SMARTS) is 1. The van der Waals surface area contributed by atoms with Crippen molar-refractivity contribution in [1.29, 1.82) is 0 Å². The average Bonchev–Trinajstić information content (AvgIpc) is 2.60. The number of fused-ring (bicyclic) bond motifs is 1. The zero-order valence-electron chi connectivity index (χ0n) is 7.45. The molecule has 0 amide bonds. The first-order valence-corrected chi connectivity index (χ1v) is 4.09. The van der Waals surface area contributed by atoms with Crippen LogP contribution in [0.1, 0.15) is 13.0 Å². The lowest BCUT2D eigenvalue weighted by atomic mass is 10.3. The fraction of sp³-hybridized carbons (Fsp3) is 0.250. The van der Waals surface area contributed by atoms with Crippen LogP contribution in [-0.2, 0) is 4.79 Å². The van der Waals surface area contributed by atoms with Crippen molar-refractivity contribution in [2.75, 3.05) is 0 Å². The van der Waals surface area contributed by atoms with E-state index >= 15 is 0 Å². The highest BCUT2D eigenvalue weighted by atomic mass is 16.4. The lowest BCUT2D eigenvalue weighted by molar-refractivity contribution is -0.140. The molecule has 0 spiro atoms. The van der Waals surface area contributed by atoms with Crippen LogP contribution in [0.5, 0.6) is 0 Å². The van der Waals surface area contributed by atoms with E-state index in [0.29, 0.717) is 11.2 Å². The van der Waals surface area contributed by atoms with Crippen LogP contribution >= 0.6 is 0 Å². The second kappa shape index (κ2) is 3.06. The number of rotatable bonds is 2. The Morgan fingerprint density at radius 3 is 3.14 bits per heavy atom. The Kier molecular flexibility index (Phi) is 1.88. The summed E-state index contributed by atoms with van der Waals surface area (Å²) in [4.78, 5) is 14.7.